The number of alkyl halides is 1. The van der Waals surface area contributed by atoms with Crippen LogP contribution in [0.1, 0.15) is 36.0 Å². The van der Waals surface area contributed by atoms with E-state index in [0.29, 0.717) is 6.42 Å². The van der Waals surface area contributed by atoms with E-state index in [-0.39, 0.29) is 11.2 Å². The zero-order valence-corrected chi connectivity index (χ0v) is 16.7. The van der Waals surface area contributed by atoms with E-state index < -0.39 is 0 Å². The molecule has 3 aromatic rings. The second kappa shape index (κ2) is 6.45. The Bertz CT molecular complexity index is 1070. The van der Waals surface area contributed by atoms with E-state index in [4.69, 9.17) is 5.10 Å². The first-order chi connectivity index (χ1) is 13.2. The van der Waals surface area contributed by atoms with Crippen molar-refractivity contribution in [2.24, 2.45) is 5.41 Å². The quantitative estimate of drug-likeness (QED) is 0.546. The number of hydrogen-bond donors (Lipinski definition) is 0. The summed E-state index contributed by atoms with van der Waals surface area (Å²) in [6, 6.07) is 14.7. The van der Waals surface area contributed by atoms with E-state index in [9.17, 15) is 4.79 Å². The van der Waals surface area contributed by atoms with Crippen molar-refractivity contribution in [2.75, 3.05) is 5.33 Å². The normalized spacial score (nSPS) is 21.2. The highest BCUT2D eigenvalue weighted by molar-refractivity contribution is 9.09. The summed E-state index contributed by atoms with van der Waals surface area (Å²) in [6.07, 6.45) is 7.81. The van der Waals surface area contributed by atoms with E-state index in [1.807, 2.05) is 16.8 Å². The highest BCUT2D eigenvalue weighted by Gasteiger charge is 2.44. The number of hydrogen-bond acceptors (Lipinski definition) is 2. The first-order valence-corrected chi connectivity index (χ1v) is 10.6. The third-order valence-corrected chi connectivity index (χ3v) is 6.54. The summed E-state index contributed by atoms with van der Waals surface area (Å²) in [5, 5.41) is 7.00. The molecule has 1 aromatic heterocycles. The average Bonchev–Trinajstić information content (AvgIpc) is 3.21. The lowest BCUT2D eigenvalue weighted by atomic mass is 9.71. The maximum Gasteiger partial charge on any atom is 0.156 e. The molecule has 1 heterocycles. The predicted octanol–water partition coefficient (Wildman–Crippen LogP) is 5.16. The number of allylic oxidation sites excluding steroid dienone is 2. The molecule has 27 heavy (non-hydrogen) atoms. The van der Waals surface area contributed by atoms with Gasteiger partial charge in [0.15, 0.2) is 5.78 Å². The summed E-state index contributed by atoms with van der Waals surface area (Å²) < 4.78 is 2.04. The number of nitrogens with zero attached hydrogens (tertiary/aromatic N) is 2. The van der Waals surface area contributed by atoms with Gasteiger partial charge in [-0.25, -0.2) is 0 Å². The van der Waals surface area contributed by atoms with Gasteiger partial charge in [0.1, 0.15) is 0 Å². The van der Waals surface area contributed by atoms with Gasteiger partial charge < -0.3 is 0 Å². The molecule has 0 saturated carbocycles. The smallest absolute Gasteiger partial charge is 0.156 e. The van der Waals surface area contributed by atoms with Crippen LogP contribution in [0.2, 0.25) is 0 Å². The Hall–Kier alpha value is -2.20. The first-order valence-electron chi connectivity index (χ1n) is 9.53. The van der Waals surface area contributed by atoms with Gasteiger partial charge in [0.05, 0.1) is 12.1 Å². The van der Waals surface area contributed by atoms with Gasteiger partial charge in [-0.05, 0) is 53.7 Å². The van der Waals surface area contributed by atoms with Crippen molar-refractivity contribution in [2.45, 2.75) is 32.2 Å². The largest absolute Gasteiger partial charge is 0.295 e. The minimum Gasteiger partial charge on any atom is -0.295 e. The van der Waals surface area contributed by atoms with E-state index in [1.165, 1.54) is 27.6 Å². The fourth-order valence-electron chi connectivity index (χ4n) is 4.79. The van der Waals surface area contributed by atoms with Crippen molar-refractivity contribution in [1.82, 2.24) is 9.78 Å². The molecular weight excluding hydrogens is 400 g/mol. The molecule has 1 atom stereocenters. The summed E-state index contributed by atoms with van der Waals surface area (Å²) in [5.74, 6) is 0.267. The molecule has 0 spiro atoms. The van der Waals surface area contributed by atoms with Gasteiger partial charge in [0, 0.05) is 28.7 Å². The number of ketones is 1. The van der Waals surface area contributed by atoms with Gasteiger partial charge in [0.25, 0.3) is 0 Å². The lowest BCUT2D eigenvalue weighted by Gasteiger charge is -2.33. The molecule has 5 rings (SSSR count). The number of benzene rings is 2. The van der Waals surface area contributed by atoms with E-state index in [2.05, 4.69) is 58.5 Å². The van der Waals surface area contributed by atoms with Gasteiger partial charge in [-0.2, -0.15) is 5.10 Å². The molecule has 3 nitrogen and oxygen atoms in total. The second-order valence-corrected chi connectivity index (χ2v) is 8.55. The first kappa shape index (κ1) is 16.9. The molecule has 2 aromatic carbocycles. The van der Waals surface area contributed by atoms with Crippen LogP contribution in [0.5, 0.6) is 0 Å². The third-order valence-electron chi connectivity index (χ3n) is 6.14. The Morgan fingerprint density at radius 2 is 2.00 bits per heavy atom. The van der Waals surface area contributed by atoms with Crippen LogP contribution in [0.4, 0.5) is 0 Å². The van der Waals surface area contributed by atoms with Crippen LogP contribution in [0.25, 0.3) is 16.5 Å². The molecule has 0 fully saturated rings. The lowest BCUT2D eigenvalue weighted by molar-refractivity contribution is -0.115. The Balaban J connectivity index is 1.60. The molecule has 0 amide bonds. The summed E-state index contributed by atoms with van der Waals surface area (Å²) in [6.45, 7) is 0.776. The van der Waals surface area contributed by atoms with Crippen molar-refractivity contribution in [3.8, 4) is 0 Å². The van der Waals surface area contributed by atoms with Crippen LogP contribution < -0.4 is 0 Å². The van der Waals surface area contributed by atoms with Crippen LogP contribution in [0.3, 0.4) is 0 Å². The molecular formula is C23H21BrN2O. The SMILES string of the molecule is O=C1C=C2c3ccc4nn(Cc5ccccc5)cc4c3C[C@@]2(CCBr)CC1. The third kappa shape index (κ3) is 2.78. The molecule has 0 bridgehead atoms. The number of rotatable bonds is 4. The maximum atomic E-state index is 12.1. The molecule has 0 N–H and O–H groups in total. The van der Waals surface area contributed by atoms with Crippen molar-refractivity contribution < 1.29 is 4.79 Å². The summed E-state index contributed by atoms with van der Waals surface area (Å²) in [7, 11) is 0. The standard InChI is InChI=1S/C23H21BrN2O/c24-11-10-23-9-8-17(27)12-21(23)18-6-7-22-20(19(18)13-23)15-26(25-22)14-16-4-2-1-3-5-16/h1-7,12,15H,8-11,13-14H2/t23-/m0/s1. The van der Waals surface area contributed by atoms with Crippen LogP contribution >= 0.6 is 15.9 Å². The Morgan fingerprint density at radius 1 is 1.15 bits per heavy atom. The van der Waals surface area contributed by atoms with E-state index in [0.717, 1.165) is 36.7 Å². The van der Waals surface area contributed by atoms with Crippen LogP contribution in [0.15, 0.2) is 54.7 Å². The highest BCUT2D eigenvalue weighted by atomic mass is 79.9. The van der Waals surface area contributed by atoms with Gasteiger partial charge in [-0.1, -0.05) is 52.3 Å². The fraction of sp³-hybridized carbons (Fsp3) is 0.304. The van der Waals surface area contributed by atoms with Crippen molar-refractivity contribution in [1.29, 1.82) is 0 Å². The summed E-state index contributed by atoms with van der Waals surface area (Å²) >= 11 is 3.64. The van der Waals surface area contributed by atoms with Crippen molar-refractivity contribution >= 4 is 38.2 Å². The van der Waals surface area contributed by atoms with Crippen LogP contribution in [-0.4, -0.2) is 20.9 Å². The van der Waals surface area contributed by atoms with Crippen molar-refractivity contribution in [3.63, 3.8) is 0 Å². The highest BCUT2D eigenvalue weighted by Crippen LogP contribution is 2.55. The number of halogens is 1. The topological polar surface area (TPSA) is 34.9 Å². The fourth-order valence-corrected chi connectivity index (χ4v) is 5.55. The second-order valence-electron chi connectivity index (χ2n) is 7.76. The predicted molar refractivity (Wildman–Crippen MR) is 112 cm³/mol. The molecule has 0 radical (unpaired) electrons. The lowest BCUT2D eigenvalue weighted by Crippen LogP contribution is -2.26. The minimum absolute atomic E-state index is 0.107. The van der Waals surface area contributed by atoms with Gasteiger partial charge >= 0.3 is 0 Å². The van der Waals surface area contributed by atoms with Gasteiger partial charge in [-0.15, -0.1) is 0 Å². The van der Waals surface area contributed by atoms with Crippen molar-refractivity contribution in [3.05, 3.63) is 71.4 Å². The van der Waals surface area contributed by atoms with E-state index in [1.54, 1.807) is 0 Å². The number of carbonyl (C=O) groups excluding carboxylic acids is 1. The molecule has 2 aliphatic carbocycles. The Morgan fingerprint density at radius 3 is 2.81 bits per heavy atom. The van der Waals surface area contributed by atoms with Gasteiger partial charge in [0.2, 0.25) is 0 Å². The molecule has 4 heteroatoms. The Labute approximate surface area is 167 Å². The zero-order valence-electron chi connectivity index (χ0n) is 15.1. The molecule has 0 unspecified atom stereocenters. The van der Waals surface area contributed by atoms with Crippen LogP contribution in [0, 0.1) is 5.41 Å². The number of carbonyl (C=O) groups is 1. The number of fused-ring (bicyclic) bond motifs is 5. The summed E-state index contributed by atoms with van der Waals surface area (Å²) in [4.78, 5) is 12.1. The average molecular weight is 421 g/mol. The molecule has 0 saturated heterocycles. The Kier molecular flexibility index (Phi) is 4.05. The number of aromatic nitrogens is 2. The maximum absolute atomic E-state index is 12.1. The van der Waals surface area contributed by atoms with Gasteiger partial charge in [-0.3, -0.25) is 9.48 Å². The summed E-state index contributed by atoms with van der Waals surface area (Å²) in [5.41, 5.74) is 6.29. The van der Waals surface area contributed by atoms with E-state index >= 15 is 0 Å². The van der Waals surface area contributed by atoms with Crippen LogP contribution in [-0.2, 0) is 17.8 Å². The monoisotopic (exact) mass is 420 g/mol. The molecule has 136 valence electrons. The minimum atomic E-state index is 0.107. The zero-order chi connectivity index (χ0) is 18.4. The molecule has 0 aliphatic heterocycles. The molecule has 2 aliphatic rings.